The van der Waals surface area contributed by atoms with Gasteiger partial charge in [-0.2, -0.15) is 0 Å². The van der Waals surface area contributed by atoms with Crippen LogP contribution in [0.25, 0.3) is 0 Å². The van der Waals surface area contributed by atoms with E-state index in [2.05, 4.69) is 0 Å². The predicted octanol–water partition coefficient (Wildman–Crippen LogP) is 0.452. The van der Waals surface area contributed by atoms with Crippen molar-refractivity contribution in [2.45, 2.75) is 24.8 Å². The molecule has 3 N–H and O–H groups in total. The van der Waals surface area contributed by atoms with E-state index in [-0.39, 0.29) is 4.90 Å². The maximum atomic E-state index is 14.0. The van der Waals surface area contributed by atoms with Gasteiger partial charge in [0.25, 0.3) is 5.91 Å². The average molecular weight is 389 g/mol. The third kappa shape index (κ3) is 4.99. The van der Waals surface area contributed by atoms with Crippen molar-refractivity contribution in [3.8, 4) is 0 Å². The van der Waals surface area contributed by atoms with Crippen molar-refractivity contribution in [3.63, 3.8) is 0 Å². The Morgan fingerprint density at radius 3 is 2.27 bits per heavy atom. The van der Waals surface area contributed by atoms with E-state index in [1.54, 1.807) is 5.32 Å². The number of halogens is 1. The Balaban J connectivity index is 3.20. The van der Waals surface area contributed by atoms with Crippen LogP contribution in [0, 0.1) is 11.7 Å². The highest BCUT2D eigenvalue weighted by molar-refractivity contribution is 7.89. The Hall–Kier alpha value is -2.53. The summed E-state index contributed by atoms with van der Waals surface area (Å²) < 4.78 is 44.1. The molecule has 0 spiro atoms. The van der Waals surface area contributed by atoms with E-state index in [4.69, 9.17) is 10.5 Å². The van der Waals surface area contributed by atoms with E-state index < -0.39 is 51.3 Å². The fraction of sp³-hybridized carbons (Fsp3) is 0.400. The maximum absolute atomic E-state index is 14.0. The molecular weight excluding hydrogens is 369 g/mol. The first kappa shape index (κ1) is 21.5. The molecule has 9 nitrogen and oxygen atoms in total. The summed E-state index contributed by atoms with van der Waals surface area (Å²) in [5.41, 5.74) is 4.19. The Morgan fingerprint density at radius 1 is 1.23 bits per heavy atom. The summed E-state index contributed by atoms with van der Waals surface area (Å²) in [6.07, 6.45) is -1.43. The van der Waals surface area contributed by atoms with Crippen LogP contribution in [0.2, 0.25) is 0 Å². The Labute approximate surface area is 150 Å². The van der Waals surface area contributed by atoms with Gasteiger partial charge in [-0.25, -0.2) is 26.7 Å². The molecular formula is C15H20FN3O6S. The van der Waals surface area contributed by atoms with E-state index >= 15 is 0 Å². The summed E-state index contributed by atoms with van der Waals surface area (Å²) in [6.45, 7) is 3.06. The molecule has 0 saturated carbocycles. The molecule has 1 aromatic carbocycles. The number of nitrogens with one attached hydrogen (secondary N) is 1. The zero-order chi connectivity index (χ0) is 20.2. The minimum Gasteiger partial charge on any atom is -0.448 e. The number of nitrogens with two attached hydrogens (primary N) is 1. The lowest BCUT2D eigenvalue weighted by molar-refractivity contribution is -0.130. The molecule has 0 bridgehead atoms. The molecule has 1 rings (SSSR count). The van der Waals surface area contributed by atoms with Crippen molar-refractivity contribution >= 4 is 27.9 Å². The lowest BCUT2D eigenvalue weighted by Crippen LogP contribution is -2.45. The SMILES string of the molecule is CC(C)[C@@H](OC(=O)c1cc(S(=O)(=O)N(C)C)ccc1F)C(=O)NC(N)=O. The second-order valence-electron chi connectivity index (χ2n) is 5.85. The van der Waals surface area contributed by atoms with Crippen LogP contribution in [0.5, 0.6) is 0 Å². The van der Waals surface area contributed by atoms with Gasteiger partial charge in [-0.05, 0) is 24.1 Å². The smallest absolute Gasteiger partial charge is 0.341 e. The first-order valence-corrected chi connectivity index (χ1v) is 8.85. The standard InChI is InChI=1S/C15H20FN3O6S/c1-8(2)12(13(20)18-15(17)22)25-14(21)10-7-9(5-6-11(10)16)26(23,24)19(3)4/h5-8,12H,1-4H3,(H3,17,18,20,22)/t12-/m1/s1. The summed E-state index contributed by atoms with van der Waals surface area (Å²) in [5.74, 6) is -3.81. The number of hydrogen-bond donors (Lipinski definition) is 2. The van der Waals surface area contributed by atoms with Gasteiger partial charge in [0.1, 0.15) is 5.82 Å². The molecule has 0 unspecified atom stereocenters. The average Bonchev–Trinajstić information content (AvgIpc) is 2.51. The summed E-state index contributed by atoms with van der Waals surface area (Å²) >= 11 is 0. The summed E-state index contributed by atoms with van der Waals surface area (Å²) in [4.78, 5) is 34.6. The first-order chi connectivity index (χ1) is 11.9. The highest BCUT2D eigenvalue weighted by atomic mass is 32.2. The largest absolute Gasteiger partial charge is 0.448 e. The number of nitrogens with zero attached hydrogens (tertiary/aromatic N) is 1. The van der Waals surface area contributed by atoms with Gasteiger partial charge in [0, 0.05) is 14.1 Å². The van der Waals surface area contributed by atoms with Crippen LogP contribution in [0.3, 0.4) is 0 Å². The van der Waals surface area contributed by atoms with Crippen LogP contribution >= 0.6 is 0 Å². The van der Waals surface area contributed by atoms with Gasteiger partial charge >= 0.3 is 12.0 Å². The monoisotopic (exact) mass is 389 g/mol. The second kappa shape index (κ2) is 8.23. The fourth-order valence-electron chi connectivity index (χ4n) is 1.90. The van der Waals surface area contributed by atoms with Crippen molar-refractivity contribution in [2.24, 2.45) is 11.7 Å². The molecule has 0 aliphatic heterocycles. The van der Waals surface area contributed by atoms with Crippen LogP contribution in [-0.4, -0.2) is 50.8 Å². The molecule has 11 heteroatoms. The second-order valence-corrected chi connectivity index (χ2v) is 8.00. The summed E-state index contributed by atoms with van der Waals surface area (Å²) in [5, 5.41) is 1.77. The highest BCUT2D eigenvalue weighted by Gasteiger charge is 2.30. The molecule has 0 fully saturated rings. The topological polar surface area (TPSA) is 136 Å². The Bertz CT molecular complexity index is 823. The molecule has 3 amide bonds. The molecule has 0 aromatic heterocycles. The van der Waals surface area contributed by atoms with Gasteiger partial charge in [-0.1, -0.05) is 13.8 Å². The van der Waals surface area contributed by atoms with Crippen molar-refractivity contribution in [2.75, 3.05) is 14.1 Å². The molecule has 0 radical (unpaired) electrons. The van der Waals surface area contributed by atoms with E-state index in [0.717, 1.165) is 22.5 Å². The molecule has 1 aromatic rings. The molecule has 144 valence electrons. The van der Waals surface area contributed by atoms with E-state index in [1.807, 2.05) is 0 Å². The number of ether oxygens (including phenoxy) is 1. The number of esters is 1. The lowest BCUT2D eigenvalue weighted by Gasteiger charge is -2.20. The highest BCUT2D eigenvalue weighted by Crippen LogP contribution is 2.20. The van der Waals surface area contributed by atoms with Crippen LogP contribution in [0.4, 0.5) is 9.18 Å². The van der Waals surface area contributed by atoms with Gasteiger partial charge in [0.15, 0.2) is 6.10 Å². The van der Waals surface area contributed by atoms with Crippen molar-refractivity contribution in [3.05, 3.63) is 29.6 Å². The van der Waals surface area contributed by atoms with Crippen molar-refractivity contribution in [1.82, 2.24) is 9.62 Å². The quantitative estimate of drug-likeness (QED) is 0.678. The van der Waals surface area contributed by atoms with Crippen LogP contribution in [-0.2, 0) is 19.6 Å². The number of rotatable bonds is 6. The number of imide groups is 1. The zero-order valence-corrected chi connectivity index (χ0v) is 15.5. The third-order valence-electron chi connectivity index (χ3n) is 3.28. The van der Waals surface area contributed by atoms with Crippen LogP contribution in [0.15, 0.2) is 23.1 Å². The number of benzene rings is 1. The number of carbonyl (C=O) groups excluding carboxylic acids is 3. The summed E-state index contributed by atoms with van der Waals surface area (Å²) in [7, 11) is -1.35. The molecule has 0 heterocycles. The number of carbonyl (C=O) groups is 3. The Morgan fingerprint density at radius 2 is 1.81 bits per heavy atom. The number of hydrogen-bond acceptors (Lipinski definition) is 6. The summed E-state index contributed by atoms with van der Waals surface area (Å²) in [6, 6.07) is 1.49. The molecule has 0 aliphatic carbocycles. The van der Waals surface area contributed by atoms with E-state index in [0.29, 0.717) is 0 Å². The van der Waals surface area contributed by atoms with Gasteiger partial charge in [0.2, 0.25) is 10.0 Å². The van der Waals surface area contributed by atoms with Gasteiger partial charge in [0.05, 0.1) is 10.5 Å². The third-order valence-corrected chi connectivity index (χ3v) is 5.09. The van der Waals surface area contributed by atoms with Crippen molar-refractivity contribution in [1.29, 1.82) is 0 Å². The normalized spacial score (nSPS) is 12.7. The Kier molecular flexibility index (Phi) is 6.81. The minimum absolute atomic E-state index is 0.321. The zero-order valence-electron chi connectivity index (χ0n) is 14.6. The first-order valence-electron chi connectivity index (χ1n) is 7.41. The maximum Gasteiger partial charge on any atom is 0.341 e. The van der Waals surface area contributed by atoms with Crippen LogP contribution in [0.1, 0.15) is 24.2 Å². The predicted molar refractivity (Wildman–Crippen MR) is 89.0 cm³/mol. The number of sulfonamides is 1. The molecule has 26 heavy (non-hydrogen) atoms. The molecule has 0 saturated heterocycles. The number of primary amides is 1. The van der Waals surface area contributed by atoms with Gasteiger partial charge in [-0.3, -0.25) is 10.1 Å². The molecule has 1 atom stereocenters. The van der Waals surface area contributed by atoms with Gasteiger partial charge in [-0.15, -0.1) is 0 Å². The van der Waals surface area contributed by atoms with Crippen LogP contribution < -0.4 is 11.1 Å². The minimum atomic E-state index is -3.91. The molecule has 0 aliphatic rings. The number of amides is 3. The van der Waals surface area contributed by atoms with Gasteiger partial charge < -0.3 is 10.5 Å². The van der Waals surface area contributed by atoms with E-state index in [9.17, 15) is 27.2 Å². The van der Waals surface area contributed by atoms with Crippen molar-refractivity contribution < 1.29 is 31.9 Å². The lowest BCUT2D eigenvalue weighted by atomic mass is 10.1. The number of urea groups is 1. The van der Waals surface area contributed by atoms with E-state index in [1.165, 1.54) is 27.9 Å². The fourth-order valence-corrected chi connectivity index (χ4v) is 2.82.